The first-order valence-corrected chi connectivity index (χ1v) is 6.25. The van der Waals surface area contributed by atoms with Crippen LogP contribution in [0.15, 0.2) is 16.6 Å². The van der Waals surface area contributed by atoms with Crippen molar-refractivity contribution in [3.05, 3.63) is 28.0 Å². The third-order valence-corrected chi connectivity index (χ3v) is 3.53. The third-order valence-electron chi connectivity index (χ3n) is 2.92. The summed E-state index contributed by atoms with van der Waals surface area (Å²) in [5.41, 5.74) is 0.418. The molecule has 0 fully saturated rings. The summed E-state index contributed by atoms with van der Waals surface area (Å²) in [4.78, 5) is 12.2. The van der Waals surface area contributed by atoms with Gasteiger partial charge in [0.2, 0.25) is 0 Å². The average molecular weight is 303 g/mol. The lowest BCUT2D eigenvalue weighted by Crippen LogP contribution is -2.18. The average Bonchev–Trinajstić information content (AvgIpc) is 2.29. The smallest absolute Gasteiger partial charge is 0.169 e. The molecular weight excluding hydrogens is 287 g/mol. The largest absolute Gasteiger partial charge is 0.496 e. The summed E-state index contributed by atoms with van der Waals surface area (Å²) in [7, 11) is 1.43. The fourth-order valence-electron chi connectivity index (χ4n) is 1.44. The van der Waals surface area contributed by atoms with Gasteiger partial charge in [0.15, 0.2) is 5.78 Å². The molecule has 0 amide bonds. The van der Waals surface area contributed by atoms with Crippen molar-refractivity contribution in [2.45, 2.75) is 20.8 Å². The van der Waals surface area contributed by atoms with E-state index in [0.717, 1.165) is 0 Å². The van der Waals surface area contributed by atoms with Crippen LogP contribution in [0.25, 0.3) is 0 Å². The molecule has 0 radical (unpaired) electrons. The Morgan fingerprint density at radius 2 is 1.94 bits per heavy atom. The van der Waals surface area contributed by atoms with Gasteiger partial charge in [-0.25, -0.2) is 4.39 Å². The summed E-state index contributed by atoms with van der Waals surface area (Å²) in [6.07, 6.45) is 0. The molecule has 0 spiro atoms. The molecule has 1 unspecified atom stereocenters. The zero-order valence-electron chi connectivity index (χ0n) is 10.4. The second-order valence-electron chi connectivity index (χ2n) is 4.36. The van der Waals surface area contributed by atoms with E-state index in [1.165, 1.54) is 19.2 Å². The Kier molecular flexibility index (Phi) is 4.69. The first-order valence-electron chi connectivity index (χ1n) is 5.45. The van der Waals surface area contributed by atoms with E-state index in [9.17, 15) is 9.18 Å². The minimum absolute atomic E-state index is 0.0300. The number of carbonyl (C=O) groups is 1. The molecule has 0 aliphatic carbocycles. The van der Waals surface area contributed by atoms with E-state index in [1.807, 2.05) is 20.8 Å². The van der Waals surface area contributed by atoms with Gasteiger partial charge >= 0.3 is 0 Å². The number of methoxy groups -OCH3 is 1. The summed E-state index contributed by atoms with van der Waals surface area (Å²) in [6, 6.07) is 2.71. The van der Waals surface area contributed by atoms with Gasteiger partial charge in [0.25, 0.3) is 0 Å². The lowest BCUT2D eigenvalue weighted by molar-refractivity contribution is 0.0896. The van der Waals surface area contributed by atoms with E-state index in [4.69, 9.17) is 4.74 Å². The Morgan fingerprint density at radius 1 is 1.35 bits per heavy atom. The monoisotopic (exact) mass is 302 g/mol. The lowest BCUT2D eigenvalue weighted by atomic mass is 9.89. The zero-order valence-corrected chi connectivity index (χ0v) is 12.0. The highest BCUT2D eigenvalue weighted by molar-refractivity contribution is 9.10. The predicted octanol–water partition coefficient (Wildman–Crippen LogP) is 4.07. The topological polar surface area (TPSA) is 26.3 Å². The van der Waals surface area contributed by atoms with E-state index >= 15 is 0 Å². The maximum absolute atomic E-state index is 13.3. The van der Waals surface area contributed by atoms with Crippen LogP contribution in [0.4, 0.5) is 4.39 Å². The Bertz CT molecular complexity index is 430. The van der Waals surface area contributed by atoms with E-state index in [1.54, 1.807) is 0 Å². The van der Waals surface area contributed by atoms with Crippen molar-refractivity contribution in [2.75, 3.05) is 7.11 Å². The molecule has 0 bridgehead atoms. The molecule has 94 valence electrons. The van der Waals surface area contributed by atoms with Crippen molar-refractivity contribution in [1.29, 1.82) is 0 Å². The van der Waals surface area contributed by atoms with Crippen molar-refractivity contribution in [1.82, 2.24) is 0 Å². The van der Waals surface area contributed by atoms with Crippen molar-refractivity contribution in [3.63, 3.8) is 0 Å². The van der Waals surface area contributed by atoms with Gasteiger partial charge in [-0.05, 0) is 27.9 Å². The van der Waals surface area contributed by atoms with Crippen LogP contribution >= 0.6 is 15.9 Å². The van der Waals surface area contributed by atoms with E-state index in [2.05, 4.69) is 15.9 Å². The molecule has 4 heteroatoms. The maximum Gasteiger partial charge on any atom is 0.169 e. The molecular formula is C13H16BrFO2. The van der Waals surface area contributed by atoms with Crippen LogP contribution in [0.2, 0.25) is 0 Å². The van der Waals surface area contributed by atoms with Crippen molar-refractivity contribution in [3.8, 4) is 5.75 Å². The van der Waals surface area contributed by atoms with Gasteiger partial charge in [-0.2, -0.15) is 0 Å². The Hall–Kier alpha value is -0.900. The molecule has 2 nitrogen and oxygen atoms in total. The second kappa shape index (κ2) is 5.63. The van der Waals surface area contributed by atoms with Crippen LogP contribution in [0.1, 0.15) is 31.1 Å². The number of halogens is 2. The van der Waals surface area contributed by atoms with Crippen molar-refractivity contribution < 1.29 is 13.9 Å². The van der Waals surface area contributed by atoms with Crippen LogP contribution in [0.5, 0.6) is 5.75 Å². The van der Waals surface area contributed by atoms with Gasteiger partial charge < -0.3 is 4.74 Å². The number of ketones is 1. The summed E-state index contributed by atoms with van der Waals surface area (Å²) < 4.78 is 18.7. The fourth-order valence-corrected chi connectivity index (χ4v) is 1.78. The highest BCUT2D eigenvalue weighted by Crippen LogP contribution is 2.29. The second-order valence-corrected chi connectivity index (χ2v) is 5.22. The number of hydrogen-bond acceptors (Lipinski definition) is 2. The Balaban J connectivity index is 3.21. The van der Waals surface area contributed by atoms with Crippen LogP contribution in [0, 0.1) is 17.7 Å². The summed E-state index contributed by atoms with van der Waals surface area (Å²) in [5.74, 6) is -0.0753. The maximum atomic E-state index is 13.3. The number of benzene rings is 1. The minimum Gasteiger partial charge on any atom is -0.496 e. The van der Waals surface area contributed by atoms with Crippen LogP contribution in [0.3, 0.4) is 0 Å². The standard InChI is InChI=1S/C13H16BrFO2/c1-7(2)8(3)13(16)9-5-10(14)11(15)6-12(9)17-4/h5-8H,1-4H3. The van der Waals surface area contributed by atoms with Crippen molar-refractivity contribution in [2.24, 2.45) is 11.8 Å². The third kappa shape index (κ3) is 3.06. The normalized spacial score (nSPS) is 12.6. The molecule has 1 atom stereocenters. The SMILES string of the molecule is COc1cc(F)c(Br)cc1C(=O)C(C)C(C)C. The van der Waals surface area contributed by atoms with E-state index in [0.29, 0.717) is 5.56 Å². The molecule has 1 rings (SSSR count). The van der Waals surface area contributed by atoms with E-state index in [-0.39, 0.29) is 27.8 Å². The molecule has 0 saturated heterocycles. The Labute approximate surface area is 109 Å². The number of Topliss-reactive ketones (excluding diaryl/α,β-unsaturated/α-hetero) is 1. The summed E-state index contributed by atoms with van der Waals surface area (Å²) in [6.45, 7) is 5.82. The Morgan fingerprint density at radius 3 is 2.41 bits per heavy atom. The van der Waals surface area contributed by atoms with Gasteiger partial charge in [-0.15, -0.1) is 0 Å². The first kappa shape index (κ1) is 14.2. The fraction of sp³-hybridized carbons (Fsp3) is 0.462. The van der Waals surface area contributed by atoms with Gasteiger partial charge in [0.1, 0.15) is 11.6 Å². The molecule has 0 aromatic heterocycles. The van der Waals surface area contributed by atoms with Gasteiger partial charge in [-0.1, -0.05) is 20.8 Å². The molecule has 0 N–H and O–H groups in total. The summed E-state index contributed by atoms with van der Waals surface area (Å²) >= 11 is 3.08. The first-order chi connectivity index (χ1) is 7.88. The van der Waals surface area contributed by atoms with Gasteiger partial charge in [0.05, 0.1) is 17.1 Å². The molecule has 0 aliphatic rings. The lowest BCUT2D eigenvalue weighted by Gasteiger charge is -2.16. The number of rotatable bonds is 4. The molecule has 0 aliphatic heterocycles. The number of ether oxygens (including phenoxy) is 1. The highest BCUT2D eigenvalue weighted by Gasteiger charge is 2.23. The van der Waals surface area contributed by atoms with Crippen LogP contribution in [-0.2, 0) is 0 Å². The molecule has 1 aromatic rings. The quantitative estimate of drug-likeness (QED) is 0.784. The van der Waals surface area contributed by atoms with Crippen LogP contribution < -0.4 is 4.74 Å². The summed E-state index contributed by atoms with van der Waals surface area (Å²) in [5, 5.41) is 0. The highest BCUT2D eigenvalue weighted by atomic mass is 79.9. The van der Waals surface area contributed by atoms with Gasteiger partial charge in [0, 0.05) is 12.0 Å². The minimum atomic E-state index is -0.435. The molecule has 17 heavy (non-hydrogen) atoms. The predicted molar refractivity (Wildman–Crippen MR) is 69.0 cm³/mol. The van der Waals surface area contributed by atoms with Crippen molar-refractivity contribution >= 4 is 21.7 Å². The number of carbonyl (C=O) groups excluding carboxylic acids is 1. The number of hydrogen-bond donors (Lipinski definition) is 0. The van der Waals surface area contributed by atoms with E-state index < -0.39 is 5.82 Å². The molecule has 1 aromatic carbocycles. The molecule has 0 saturated carbocycles. The molecule has 0 heterocycles. The van der Waals surface area contributed by atoms with Gasteiger partial charge in [-0.3, -0.25) is 4.79 Å². The zero-order chi connectivity index (χ0) is 13.2. The van der Waals surface area contributed by atoms with Crippen LogP contribution in [-0.4, -0.2) is 12.9 Å².